The largest absolute Gasteiger partial charge is 0.497 e. The van der Waals surface area contributed by atoms with Gasteiger partial charge in [-0.2, -0.15) is 0 Å². The molecule has 0 amide bonds. The lowest BCUT2D eigenvalue weighted by Gasteiger charge is -2.50. The molecular formula is C23H25FN2O. The van der Waals surface area contributed by atoms with E-state index in [0.29, 0.717) is 5.92 Å². The lowest BCUT2D eigenvalue weighted by atomic mass is 9.59. The fraction of sp³-hybridized carbons (Fsp3) is 0.391. The van der Waals surface area contributed by atoms with Gasteiger partial charge in [0.2, 0.25) is 0 Å². The summed E-state index contributed by atoms with van der Waals surface area (Å²) >= 11 is 0. The number of rotatable bonds is 2. The maximum atomic E-state index is 13.7. The summed E-state index contributed by atoms with van der Waals surface area (Å²) in [4.78, 5) is 5.99. The van der Waals surface area contributed by atoms with E-state index in [1.807, 2.05) is 12.1 Å². The Morgan fingerprint density at radius 3 is 2.96 bits per heavy atom. The fourth-order valence-electron chi connectivity index (χ4n) is 5.37. The van der Waals surface area contributed by atoms with Crippen molar-refractivity contribution in [3.05, 3.63) is 65.1 Å². The normalized spacial score (nSPS) is 25.2. The molecule has 0 saturated carbocycles. The molecule has 2 heterocycles. The van der Waals surface area contributed by atoms with Crippen molar-refractivity contribution in [2.45, 2.75) is 24.7 Å². The highest BCUT2D eigenvalue weighted by Crippen LogP contribution is 2.49. The monoisotopic (exact) mass is 364 g/mol. The topological polar surface area (TPSA) is 28.3 Å². The average Bonchev–Trinajstić information content (AvgIpc) is 3.02. The van der Waals surface area contributed by atoms with E-state index in [-0.39, 0.29) is 11.2 Å². The molecule has 1 aromatic heterocycles. The van der Waals surface area contributed by atoms with Crippen molar-refractivity contribution in [1.29, 1.82) is 0 Å². The molecular weight excluding hydrogens is 339 g/mol. The van der Waals surface area contributed by atoms with Crippen LogP contribution in [0.1, 0.15) is 23.2 Å². The van der Waals surface area contributed by atoms with Gasteiger partial charge in [0.1, 0.15) is 11.6 Å². The number of nitrogens with zero attached hydrogens (tertiary/aromatic N) is 1. The summed E-state index contributed by atoms with van der Waals surface area (Å²) in [6.07, 6.45) is 3.14. The van der Waals surface area contributed by atoms with E-state index < -0.39 is 0 Å². The molecule has 0 spiro atoms. The van der Waals surface area contributed by atoms with Gasteiger partial charge in [0.15, 0.2) is 0 Å². The van der Waals surface area contributed by atoms with E-state index in [1.165, 1.54) is 22.2 Å². The average molecular weight is 364 g/mol. The van der Waals surface area contributed by atoms with Crippen LogP contribution in [0.15, 0.2) is 42.5 Å². The summed E-state index contributed by atoms with van der Waals surface area (Å²) in [6.45, 7) is 2.18. The molecule has 3 nitrogen and oxygen atoms in total. The second kappa shape index (κ2) is 6.10. The number of ether oxygens (including phenoxy) is 1. The van der Waals surface area contributed by atoms with Crippen molar-refractivity contribution in [3.63, 3.8) is 0 Å². The van der Waals surface area contributed by atoms with E-state index in [9.17, 15) is 4.39 Å². The van der Waals surface area contributed by atoms with E-state index in [1.54, 1.807) is 19.2 Å². The first-order valence-corrected chi connectivity index (χ1v) is 9.71. The van der Waals surface area contributed by atoms with Gasteiger partial charge in [-0.25, -0.2) is 4.39 Å². The summed E-state index contributed by atoms with van der Waals surface area (Å²) in [5, 5.41) is 1.18. The van der Waals surface area contributed by atoms with Crippen molar-refractivity contribution in [3.8, 4) is 5.75 Å². The number of nitrogens with one attached hydrogen (secondary N) is 1. The third-order valence-electron chi connectivity index (χ3n) is 6.80. The molecule has 3 aromatic rings. The zero-order valence-electron chi connectivity index (χ0n) is 15.9. The second-order valence-corrected chi connectivity index (χ2v) is 8.25. The first-order chi connectivity index (χ1) is 13.1. The Morgan fingerprint density at radius 1 is 1.22 bits per heavy atom. The van der Waals surface area contributed by atoms with Crippen LogP contribution in [-0.4, -0.2) is 37.1 Å². The number of aromatic amines is 1. The molecule has 2 aromatic carbocycles. The summed E-state index contributed by atoms with van der Waals surface area (Å²) in [7, 11) is 3.95. The second-order valence-electron chi connectivity index (χ2n) is 8.25. The molecule has 27 heavy (non-hydrogen) atoms. The maximum absolute atomic E-state index is 13.7. The first-order valence-electron chi connectivity index (χ1n) is 9.71. The molecule has 140 valence electrons. The van der Waals surface area contributed by atoms with Crippen molar-refractivity contribution >= 4 is 10.9 Å². The van der Waals surface area contributed by atoms with Gasteiger partial charge in [-0.05, 0) is 80.2 Å². The van der Waals surface area contributed by atoms with Crippen LogP contribution >= 0.6 is 0 Å². The van der Waals surface area contributed by atoms with Crippen LogP contribution < -0.4 is 4.74 Å². The minimum Gasteiger partial charge on any atom is -0.497 e. The summed E-state index contributed by atoms with van der Waals surface area (Å²) in [6, 6.07) is 13.7. The van der Waals surface area contributed by atoms with Gasteiger partial charge < -0.3 is 14.6 Å². The molecule has 1 N–H and O–H groups in total. The first kappa shape index (κ1) is 16.8. The number of likely N-dealkylation sites (tertiary alicyclic amines) is 1. The van der Waals surface area contributed by atoms with Crippen molar-refractivity contribution in [2.24, 2.45) is 5.92 Å². The summed E-state index contributed by atoms with van der Waals surface area (Å²) < 4.78 is 19.2. The Bertz CT molecular complexity index is 1010. The Hall–Kier alpha value is -2.33. The van der Waals surface area contributed by atoms with E-state index >= 15 is 0 Å². The van der Waals surface area contributed by atoms with Crippen LogP contribution in [0, 0.1) is 11.7 Å². The molecule has 1 aliphatic carbocycles. The molecule has 2 aliphatic rings. The number of hydrogen-bond acceptors (Lipinski definition) is 2. The highest BCUT2D eigenvalue weighted by atomic mass is 19.1. The molecule has 5 rings (SSSR count). The van der Waals surface area contributed by atoms with Crippen molar-refractivity contribution < 1.29 is 9.13 Å². The Balaban J connectivity index is 1.66. The molecule has 0 bridgehead atoms. The zero-order chi connectivity index (χ0) is 18.6. The van der Waals surface area contributed by atoms with E-state index in [4.69, 9.17) is 4.74 Å². The van der Waals surface area contributed by atoms with Gasteiger partial charge in [-0.1, -0.05) is 12.1 Å². The van der Waals surface area contributed by atoms with Crippen LogP contribution in [0.2, 0.25) is 0 Å². The van der Waals surface area contributed by atoms with Crippen molar-refractivity contribution in [1.82, 2.24) is 9.88 Å². The number of halogens is 1. The number of fused-ring (bicyclic) bond motifs is 4. The molecule has 1 aliphatic heterocycles. The van der Waals surface area contributed by atoms with Crippen LogP contribution in [0.4, 0.5) is 4.39 Å². The number of H-pyrrole nitrogens is 1. The van der Waals surface area contributed by atoms with Crippen LogP contribution in [0.3, 0.4) is 0 Å². The Morgan fingerprint density at radius 2 is 2.11 bits per heavy atom. The molecule has 4 heteroatoms. The standard InChI is InChI=1S/C23H25FN2O/c1-26-9-8-23(15-4-3-5-18(10-15)27-2)13-22-20(11-16(23)14-26)19-7-6-17(24)12-21(19)25-22/h3-7,10,12,16,25H,8-9,11,13-14H2,1-2H3/t16?,23-/m1/s1. The lowest BCUT2D eigenvalue weighted by Crippen LogP contribution is -2.52. The molecule has 1 fully saturated rings. The maximum Gasteiger partial charge on any atom is 0.125 e. The Kier molecular flexibility index (Phi) is 3.80. The van der Waals surface area contributed by atoms with Gasteiger partial charge in [0.05, 0.1) is 7.11 Å². The Labute approximate surface area is 159 Å². The predicted octanol–water partition coefficient (Wildman–Crippen LogP) is 4.30. The number of hydrogen-bond donors (Lipinski definition) is 1. The predicted molar refractivity (Wildman–Crippen MR) is 106 cm³/mol. The highest BCUT2D eigenvalue weighted by molar-refractivity contribution is 5.85. The van der Waals surface area contributed by atoms with Gasteiger partial charge in [-0.15, -0.1) is 0 Å². The minimum atomic E-state index is -0.180. The van der Waals surface area contributed by atoms with Gasteiger partial charge in [0, 0.05) is 28.6 Å². The van der Waals surface area contributed by atoms with Crippen LogP contribution in [-0.2, 0) is 18.3 Å². The van der Waals surface area contributed by atoms with Crippen LogP contribution in [0.25, 0.3) is 10.9 Å². The third kappa shape index (κ3) is 2.58. The lowest BCUT2D eigenvalue weighted by molar-refractivity contribution is 0.0994. The van der Waals surface area contributed by atoms with E-state index in [0.717, 1.165) is 43.6 Å². The number of piperidine rings is 1. The summed E-state index contributed by atoms with van der Waals surface area (Å²) in [5.74, 6) is 1.28. The van der Waals surface area contributed by atoms with Gasteiger partial charge in [-0.3, -0.25) is 0 Å². The van der Waals surface area contributed by atoms with Crippen LogP contribution in [0.5, 0.6) is 5.75 Å². The molecule has 1 unspecified atom stereocenters. The zero-order valence-corrected chi connectivity index (χ0v) is 15.9. The van der Waals surface area contributed by atoms with Gasteiger partial charge >= 0.3 is 0 Å². The molecule has 1 saturated heterocycles. The van der Waals surface area contributed by atoms with Gasteiger partial charge in [0.25, 0.3) is 0 Å². The third-order valence-corrected chi connectivity index (χ3v) is 6.80. The number of benzene rings is 2. The number of aromatic nitrogens is 1. The molecule has 2 atom stereocenters. The number of methoxy groups -OCH3 is 1. The van der Waals surface area contributed by atoms with Crippen molar-refractivity contribution in [2.75, 3.05) is 27.2 Å². The quantitative estimate of drug-likeness (QED) is 0.734. The summed E-state index contributed by atoms with van der Waals surface area (Å²) in [5.41, 5.74) is 5.05. The smallest absolute Gasteiger partial charge is 0.125 e. The highest BCUT2D eigenvalue weighted by Gasteiger charge is 2.47. The minimum absolute atomic E-state index is 0.105. The van der Waals surface area contributed by atoms with E-state index in [2.05, 4.69) is 35.1 Å². The molecule has 0 radical (unpaired) electrons. The fourth-order valence-corrected chi connectivity index (χ4v) is 5.37. The SMILES string of the molecule is COc1cccc([C@]23CCN(C)CC2Cc2c([nH]c4cc(F)ccc24)C3)c1.